The molecule has 1 N–H and O–H groups in total. The molecule has 1 heterocycles. The lowest BCUT2D eigenvalue weighted by molar-refractivity contribution is 0.0843. The highest BCUT2D eigenvalue weighted by molar-refractivity contribution is 5.74. The van der Waals surface area contributed by atoms with Crippen molar-refractivity contribution in [1.29, 1.82) is 0 Å². The normalized spacial score (nSPS) is 16.4. The number of carbonyl (C=O) groups excluding carboxylic acids is 1. The van der Waals surface area contributed by atoms with Gasteiger partial charge >= 0.3 is 6.03 Å². The van der Waals surface area contributed by atoms with Crippen LogP contribution < -0.4 is 5.32 Å². The van der Waals surface area contributed by atoms with Gasteiger partial charge in [0.2, 0.25) is 0 Å². The molecule has 5 nitrogen and oxygen atoms in total. The van der Waals surface area contributed by atoms with Crippen LogP contribution >= 0.6 is 0 Å². The van der Waals surface area contributed by atoms with Crippen molar-refractivity contribution in [3.8, 4) is 12.3 Å². The van der Waals surface area contributed by atoms with Crippen molar-refractivity contribution < 1.29 is 14.3 Å². The molecule has 136 valence electrons. The number of amides is 2. The van der Waals surface area contributed by atoms with Crippen molar-refractivity contribution in [1.82, 2.24) is 10.2 Å². The second kappa shape index (κ2) is 11.5. The molecule has 2 rings (SSSR count). The number of nitrogens with zero attached hydrogens (tertiary/aromatic N) is 1. The van der Waals surface area contributed by atoms with Gasteiger partial charge in [-0.05, 0) is 31.2 Å². The molecule has 5 heteroatoms. The van der Waals surface area contributed by atoms with Gasteiger partial charge in [-0.3, -0.25) is 0 Å². The largest absolute Gasteiger partial charge is 0.381 e. The Balaban J connectivity index is 1.54. The van der Waals surface area contributed by atoms with Crippen LogP contribution in [0.15, 0.2) is 30.3 Å². The lowest BCUT2D eigenvalue weighted by atomic mass is 10.2. The first-order valence-electron chi connectivity index (χ1n) is 8.99. The Morgan fingerprint density at radius 1 is 1.36 bits per heavy atom. The van der Waals surface area contributed by atoms with Crippen molar-refractivity contribution in [2.24, 2.45) is 0 Å². The molecule has 1 fully saturated rings. The van der Waals surface area contributed by atoms with Crippen LogP contribution in [0.2, 0.25) is 0 Å². The van der Waals surface area contributed by atoms with E-state index in [9.17, 15) is 4.79 Å². The maximum Gasteiger partial charge on any atom is 0.318 e. The summed E-state index contributed by atoms with van der Waals surface area (Å²) in [5.41, 5.74) is 1.27. The van der Waals surface area contributed by atoms with Gasteiger partial charge in [-0.1, -0.05) is 36.3 Å². The van der Waals surface area contributed by atoms with E-state index in [1.807, 2.05) is 18.2 Å². The molecule has 1 saturated heterocycles. The number of ether oxygens (including phenoxy) is 2. The van der Waals surface area contributed by atoms with Gasteiger partial charge in [0, 0.05) is 26.3 Å². The molecule has 25 heavy (non-hydrogen) atoms. The summed E-state index contributed by atoms with van der Waals surface area (Å²) in [4.78, 5) is 13.9. The van der Waals surface area contributed by atoms with Crippen LogP contribution in [0, 0.1) is 12.3 Å². The van der Waals surface area contributed by atoms with Crippen molar-refractivity contribution in [3.63, 3.8) is 0 Å². The Kier molecular flexibility index (Phi) is 8.89. The Hall–Kier alpha value is -2.03. The van der Waals surface area contributed by atoms with Crippen LogP contribution in [0.5, 0.6) is 0 Å². The smallest absolute Gasteiger partial charge is 0.318 e. The Morgan fingerprint density at radius 2 is 2.20 bits per heavy atom. The van der Waals surface area contributed by atoms with E-state index < -0.39 is 0 Å². The summed E-state index contributed by atoms with van der Waals surface area (Å²) in [5, 5.41) is 2.91. The zero-order valence-corrected chi connectivity index (χ0v) is 14.8. The number of urea groups is 1. The van der Waals surface area contributed by atoms with E-state index in [-0.39, 0.29) is 12.1 Å². The predicted molar refractivity (Wildman–Crippen MR) is 98.4 cm³/mol. The van der Waals surface area contributed by atoms with Gasteiger partial charge in [0.25, 0.3) is 0 Å². The summed E-state index contributed by atoms with van der Waals surface area (Å²) >= 11 is 0. The van der Waals surface area contributed by atoms with Gasteiger partial charge in [0.1, 0.15) is 0 Å². The lowest BCUT2D eigenvalue weighted by Crippen LogP contribution is -2.44. The van der Waals surface area contributed by atoms with Gasteiger partial charge in [0.05, 0.1) is 19.3 Å². The first-order chi connectivity index (χ1) is 12.3. The molecule has 1 aliphatic heterocycles. The number of rotatable bonds is 10. The van der Waals surface area contributed by atoms with Gasteiger partial charge < -0.3 is 19.7 Å². The first kappa shape index (κ1) is 19.3. The van der Waals surface area contributed by atoms with Crippen LogP contribution in [0.4, 0.5) is 4.79 Å². The molecular formula is C20H28N2O3. The van der Waals surface area contributed by atoms with Gasteiger partial charge in [0.15, 0.2) is 0 Å². The summed E-state index contributed by atoms with van der Waals surface area (Å²) in [7, 11) is 0. The first-order valence-corrected chi connectivity index (χ1v) is 8.99. The van der Waals surface area contributed by atoms with E-state index in [1.165, 1.54) is 5.56 Å². The molecule has 1 unspecified atom stereocenters. The van der Waals surface area contributed by atoms with Gasteiger partial charge in [-0.2, -0.15) is 0 Å². The number of benzene rings is 1. The summed E-state index contributed by atoms with van der Waals surface area (Å²) in [6.45, 7) is 3.55. The molecule has 0 aromatic heterocycles. The Morgan fingerprint density at radius 3 is 2.92 bits per heavy atom. The maximum atomic E-state index is 12.2. The van der Waals surface area contributed by atoms with Crippen LogP contribution in [-0.2, 0) is 15.9 Å². The number of terminal acetylenes is 1. The minimum Gasteiger partial charge on any atom is -0.381 e. The SMILES string of the molecule is C#CCN(CC1CCCO1)C(=O)NCCCOCCc1ccccc1. The highest BCUT2D eigenvalue weighted by Crippen LogP contribution is 2.13. The standard InChI is InChI=1S/C20H28N2O3/c1-2-13-22(17-19-10-6-15-25-19)20(23)21-12-7-14-24-16-11-18-8-4-3-5-9-18/h1,3-5,8-9,19H,6-7,10-17H2,(H,21,23). The van der Waals surface area contributed by atoms with E-state index in [4.69, 9.17) is 15.9 Å². The van der Waals surface area contributed by atoms with E-state index in [0.29, 0.717) is 32.8 Å². The molecule has 0 aliphatic carbocycles. The second-order valence-electron chi connectivity index (χ2n) is 6.15. The molecule has 0 spiro atoms. The average molecular weight is 344 g/mol. The topological polar surface area (TPSA) is 50.8 Å². The van der Waals surface area contributed by atoms with Crippen LogP contribution in [0.1, 0.15) is 24.8 Å². The quantitative estimate of drug-likeness (QED) is 0.524. The highest BCUT2D eigenvalue weighted by atomic mass is 16.5. The molecule has 1 aromatic rings. The Labute approximate surface area is 150 Å². The van der Waals surface area contributed by atoms with Crippen molar-refractivity contribution in [2.75, 3.05) is 39.5 Å². The number of hydrogen-bond acceptors (Lipinski definition) is 3. The fourth-order valence-electron chi connectivity index (χ4n) is 2.78. The second-order valence-corrected chi connectivity index (χ2v) is 6.15. The van der Waals surface area contributed by atoms with Crippen LogP contribution in [-0.4, -0.2) is 56.5 Å². The molecular weight excluding hydrogens is 316 g/mol. The van der Waals surface area contributed by atoms with Crippen LogP contribution in [0.25, 0.3) is 0 Å². The maximum absolute atomic E-state index is 12.2. The number of hydrogen-bond donors (Lipinski definition) is 1. The fourth-order valence-corrected chi connectivity index (χ4v) is 2.78. The van der Waals surface area contributed by atoms with E-state index in [1.54, 1.807) is 4.90 Å². The summed E-state index contributed by atoms with van der Waals surface area (Å²) in [6, 6.07) is 10.1. The molecule has 1 aliphatic rings. The number of nitrogens with one attached hydrogen (secondary N) is 1. The molecule has 2 amide bonds. The van der Waals surface area contributed by atoms with Gasteiger partial charge in [-0.15, -0.1) is 6.42 Å². The van der Waals surface area contributed by atoms with Crippen molar-refractivity contribution in [2.45, 2.75) is 31.8 Å². The van der Waals surface area contributed by atoms with E-state index >= 15 is 0 Å². The van der Waals surface area contributed by atoms with Crippen LogP contribution in [0.3, 0.4) is 0 Å². The number of carbonyl (C=O) groups is 1. The molecule has 1 atom stereocenters. The molecule has 0 saturated carbocycles. The Bertz CT molecular complexity index is 536. The summed E-state index contributed by atoms with van der Waals surface area (Å²) in [5.74, 6) is 2.54. The predicted octanol–water partition coefficient (Wildman–Crippen LogP) is 2.46. The summed E-state index contributed by atoms with van der Waals surface area (Å²) < 4.78 is 11.2. The van der Waals surface area contributed by atoms with Crippen molar-refractivity contribution in [3.05, 3.63) is 35.9 Å². The van der Waals surface area contributed by atoms with Crippen molar-refractivity contribution >= 4 is 6.03 Å². The third-order valence-corrected chi connectivity index (χ3v) is 4.14. The van der Waals surface area contributed by atoms with E-state index in [2.05, 4.69) is 23.4 Å². The molecule has 0 bridgehead atoms. The minimum absolute atomic E-state index is 0.111. The summed E-state index contributed by atoms with van der Waals surface area (Å²) in [6.07, 6.45) is 9.21. The highest BCUT2D eigenvalue weighted by Gasteiger charge is 2.21. The monoisotopic (exact) mass is 344 g/mol. The minimum atomic E-state index is -0.127. The molecule has 0 radical (unpaired) electrons. The zero-order chi connectivity index (χ0) is 17.7. The molecule has 1 aromatic carbocycles. The fraction of sp³-hybridized carbons (Fsp3) is 0.550. The zero-order valence-electron chi connectivity index (χ0n) is 14.8. The lowest BCUT2D eigenvalue weighted by Gasteiger charge is -2.23. The third-order valence-electron chi connectivity index (χ3n) is 4.14. The third kappa shape index (κ3) is 7.59. The average Bonchev–Trinajstić information content (AvgIpc) is 3.14. The van der Waals surface area contributed by atoms with Gasteiger partial charge in [-0.25, -0.2) is 4.79 Å². The van der Waals surface area contributed by atoms with E-state index in [0.717, 1.165) is 32.3 Å².